The van der Waals surface area contributed by atoms with Crippen molar-refractivity contribution in [3.8, 4) is 11.5 Å². The molecule has 1 heterocycles. The molecule has 0 bridgehead atoms. The topological polar surface area (TPSA) is 72.5 Å². The summed E-state index contributed by atoms with van der Waals surface area (Å²) in [6.45, 7) is 2.36. The van der Waals surface area contributed by atoms with Crippen molar-refractivity contribution in [2.45, 2.75) is 6.92 Å². The second-order valence-electron chi connectivity index (χ2n) is 3.25. The number of aromatic nitrogens is 3. The SMILES string of the molecule is CCOc1cc(/C=N\n2cnnc2)ccc1O. The van der Waals surface area contributed by atoms with Gasteiger partial charge in [-0.15, -0.1) is 10.2 Å². The number of rotatable bonds is 4. The fourth-order valence-electron chi connectivity index (χ4n) is 1.27. The molecular weight excluding hydrogens is 220 g/mol. The highest BCUT2D eigenvalue weighted by Crippen LogP contribution is 2.26. The normalized spacial score (nSPS) is 10.9. The summed E-state index contributed by atoms with van der Waals surface area (Å²) in [5.41, 5.74) is 0.819. The zero-order valence-corrected chi connectivity index (χ0v) is 9.32. The van der Waals surface area contributed by atoms with Gasteiger partial charge < -0.3 is 9.84 Å². The first-order valence-electron chi connectivity index (χ1n) is 5.14. The molecule has 0 radical (unpaired) electrons. The van der Waals surface area contributed by atoms with Gasteiger partial charge in [0.25, 0.3) is 0 Å². The van der Waals surface area contributed by atoms with Crippen LogP contribution in [0.5, 0.6) is 11.5 Å². The fraction of sp³-hybridized carbons (Fsp3) is 0.182. The minimum Gasteiger partial charge on any atom is -0.504 e. The van der Waals surface area contributed by atoms with Gasteiger partial charge in [-0.2, -0.15) is 5.10 Å². The van der Waals surface area contributed by atoms with E-state index in [2.05, 4.69) is 15.3 Å². The highest BCUT2D eigenvalue weighted by molar-refractivity contribution is 5.80. The number of aromatic hydroxyl groups is 1. The van der Waals surface area contributed by atoms with E-state index >= 15 is 0 Å². The van der Waals surface area contributed by atoms with Gasteiger partial charge in [0.05, 0.1) is 12.8 Å². The van der Waals surface area contributed by atoms with Crippen LogP contribution in [0.25, 0.3) is 0 Å². The van der Waals surface area contributed by atoms with E-state index in [9.17, 15) is 5.11 Å². The molecule has 0 saturated heterocycles. The molecule has 1 aromatic carbocycles. The molecule has 6 heteroatoms. The maximum Gasteiger partial charge on any atom is 0.161 e. The second kappa shape index (κ2) is 5.11. The van der Waals surface area contributed by atoms with Crippen LogP contribution in [0.3, 0.4) is 0 Å². The van der Waals surface area contributed by atoms with Gasteiger partial charge in [0, 0.05) is 0 Å². The lowest BCUT2D eigenvalue weighted by Gasteiger charge is -2.05. The molecule has 2 rings (SSSR count). The molecule has 0 saturated carbocycles. The molecule has 0 fully saturated rings. The Morgan fingerprint density at radius 3 is 2.88 bits per heavy atom. The first kappa shape index (κ1) is 11.1. The number of ether oxygens (including phenoxy) is 1. The average molecular weight is 232 g/mol. The summed E-state index contributed by atoms with van der Waals surface area (Å²) in [5.74, 6) is 0.563. The van der Waals surface area contributed by atoms with Crippen LogP contribution < -0.4 is 4.74 Å². The van der Waals surface area contributed by atoms with Crippen molar-refractivity contribution < 1.29 is 9.84 Å². The van der Waals surface area contributed by atoms with Gasteiger partial charge in [-0.1, -0.05) is 0 Å². The lowest BCUT2D eigenvalue weighted by molar-refractivity contribution is 0.318. The predicted octanol–water partition coefficient (Wildman–Crippen LogP) is 1.26. The number of hydrogen-bond donors (Lipinski definition) is 1. The Morgan fingerprint density at radius 1 is 1.41 bits per heavy atom. The third kappa shape index (κ3) is 2.81. The first-order chi connectivity index (χ1) is 8.29. The maximum absolute atomic E-state index is 9.52. The van der Waals surface area contributed by atoms with Gasteiger partial charge >= 0.3 is 0 Å². The first-order valence-corrected chi connectivity index (χ1v) is 5.14. The Labute approximate surface area is 98.2 Å². The van der Waals surface area contributed by atoms with Crippen LogP contribution in [-0.2, 0) is 0 Å². The third-order valence-corrected chi connectivity index (χ3v) is 2.03. The molecule has 0 aliphatic carbocycles. The van der Waals surface area contributed by atoms with Gasteiger partial charge in [-0.3, -0.25) is 0 Å². The molecule has 1 aromatic heterocycles. The number of phenolic OH excluding ortho intramolecular Hbond substituents is 1. The highest BCUT2D eigenvalue weighted by atomic mass is 16.5. The number of benzene rings is 1. The van der Waals surface area contributed by atoms with Crippen molar-refractivity contribution in [2.24, 2.45) is 5.10 Å². The lowest BCUT2D eigenvalue weighted by Crippen LogP contribution is -1.93. The van der Waals surface area contributed by atoms with Crippen molar-refractivity contribution in [3.63, 3.8) is 0 Å². The van der Waals surface area contributed by atoms with Crippen molar-refractivity contribution in [2.75, 3.05) is 6.61 Å². The largest absolute Gasteiger partial charge is 0.504 e. The third-order valence-electron chi connectivity index (χ3n) is 2.03. The summed E-state index contributed by atoms with van der Waals surface area (Å²) in [6.07, 6.45) is 4.60. The summed E-state index contributed by atoms with van der Waals surface area (Å²) in [6, 6.07) is 5.02. The van der Waals surface area contributed by atoms with Crippen LogP contribution >= 0.6 is 0 Å². The molecule has 17 heavy (non-hydrogen) atoms. The molecule has 88 valence electrons. The molecule has 1 N–H and O–H groups in total. The number of hydrogen-bond acceptors (Lipinski definition) is 5. The van der Waals surface area contributed by atoms with E-state index in [1.165, 1.54) is 17.3 Å². The van der Waals surface area contributed by atoms with Gasteiger partial charge in [0.15, 0.2) is 11.5 Å². The quantitative estimate of drug-likeness (QED) is 0.805. The summed E-state index contributed by atoms with van der Waals surface area (Å²) >= 11 is 0. The molecule has 0 unspecified atom stereocenters. The molecular formula is C11H12N4O2. The fourth-order valence-corrected chi connectivity index (χ4v) is 1.27. The van der Waals surface area contributed by atoms with Crippen molar-refractivity contribution in [1.82, 2.24) is 14.9 Å². The summed E-state index contributed by atoms with van der Waals surface area (Å²) in [7, 11) is 0. The van der Waals surface area contributed by atoms with Gasteiger partial charge in [-0.25, -0.2) is 4.68 Å². The van der Waals surface area contributed by atoms with Crippen LogP contribution in [0.1, 0.15) is 12.5 Å². The molecule has 2 aromatic rings. The van der Waals surface area contributed by atoms with Crippen molar-refractivity contribution in [3.05, 3.63) is 36.4 Å². The van der Waals surface area contributed by atoms with E-state index in [1.54, 1.807) is 24.4 Å². The summed E-state index contributed by atoms with van der Waals surface area (Å²) in [5, 5.41) is 20.9. The molecule has 0 amide bonds. The minimum atomic E-state index is 0.119. The lowest BCUT2D eigenvalue weighted by atomic mass is 10.2. The van der Waals surface area contributed by atoms with Crippen molar-refractivity contribution in [1.29, 1.82) is 0 Å². The molecule has 6 nitrogen and oxygen atoms in total. The Bertz CT molecular complexity index is 508. The van der Waals surface area contributed by atoms with Crippen LogP contribution in [0.15, 0.2) is 36.0 Å². The van der Waals surface area contributed by atoms with E-state index in [0.717, 1.165) is 5.56 Å². The number of nitrogens with zero attached hydrogens (tertiary/aromatic N) is 4. The van der Waals surface area contributed by atoms with Crippen LogP contribution in [0.4, 0.5) is 0 Å². The van der Waals surface area contributed by atoms with E-state index in [-0.39, 0.29) is 5.75 Å². The number of phenols is 1. The van der Waals surface area contributed by atoms with Crippen molar-refractivity contribution >= 4 is 6.21 Å². The molecule has 0 spiro atoms. The highest BCUT2D eigenvalue weighted by Gasteiger charge is 2.01. The van der Waals surface area contributed by atoms with Crippen LogP contribution in [0.2, 0.25) is 0 Å². The van der Waals surface area contributed by atoms with E-state index in [0.29, 0.717) is 12.4 Å². The maximum atomic E-state index is 9.52. The minimum absolute atomic E-state index is 0.119. The van der Waals surface area contributed by atoms with E-state index in [1.807, 2.05) is 6.92 Å². The zero-order valence-electron chi connectivity index (χ0n) is 9.32. The summed E-state index contributed by atoms with van der Waals surface area (Å²) in [4.78, 5) is 0. The standard InChI is InChI=1S/C11H12N4O2/c1-2-17-11-5-9(3-4-10(11)16)6-14-15-7-12-13-8-15/h3-8,16H,2H2,1H3/b14-6-. The Hall–Kier alpha value is -2.37. The Morgan fingerprint density at radius 2 is 2.18 bits per heavy atom. The van der Waals surface area contributed by atoms with Gasteiger partial charge in [0.1, 0.15) is 12.7 Å². The molecule has 0 aliphatic rings. The second-order valence-corrected chi connectivity index (χ2v) is 3.25. The van der Waals surface area contributed by atoms with E-state index < -0.39 is 0 Å². The Balaban J connectivity index is 2.19. The van der Waals surface area contributed by atoms with E-state index in [4.69, 9.17) is 4.74 Å². The Kier molecular flexibility index (Phi) is 3.34. The van der Waals surface area contributed by atoms with Crippen LogP contribution in [-0.4, -0.2) is 32.8 Å². The van der Waals surface area contributed by atoms with Crippen LogP contribution in [0, 0.1) is 0 Å². The molecule has 0 atom stereocenters. The summed E-state index contributed by atoms with van der Waals surface area (Å²) < 4.78 is 6.75. The predicted molar refractivity (Wildman–Crippen MR) is 62.3 cm³/mol. The average Bonchev–Trinajstić information content (AvgIpc) is 2.83. The monoisotopic (exact) mass is 232 g/mol. The van der Waals surface area contributed by atoms with Gasteiger partial charge in [-0.05, 0) is 30.7 Å². The molecule has 0 aliphatic heterocycles. The smallest absolute Gasteiger partial charge is 0.161 e. The zero-order chi connectivity index (χ0) is 12.1. The van der Waals surface area contributed by atoms with Gasteiger partial charge in [0.2, 0.25) is 0 Å².